The van der Waals surface area contributed by atoms with Crippen molar-refractivity contribution in [1.29, 1.82) is 0 Å². The molecule has 0 spiro atoms. The molecule has 0 aromatic heterocycles. The molecular formula is C6H9CuO6-3. The molecule has 0 amide bonds. The second-order valence-electron chi connectivity index (χ2n) is 1.47. The van der Waals surface area contributed by atoms with E-state index < -0.39 is 17.9 Å². The van der Waals surface area contributed by atoms with Gasteiger partial charge < -0.3 is 29.7 Å². The fourth-order valence-electron chi connectivity index (χ4n) is 0. The van der Waals surface area contributed by atoms with Crippen molar-refractivity contribution >= 4 is 17.9 Å². The molecule has 0 aromatic rings. The van der Waals surface area contributed by atoms with E-state index in [-0.39, 0.29) is 17.1 Å². The van der Waals surface area contributed by atoms with Gasteiger partial charge in [-0.25, -0.2) is 0 Å². The van der Waals surface area contributed by atoms with E-state index in [1.165, 1.54) is 0 Å². The monoisotopic (exact) mass is 240 g/mol. The van der Waals surface area contributed by atoms with Gasteiger partial charge in [0.15, 0.2) is 0 Å². The van der Waals surface area contributed by atoms with Gasteiger partial charge in [0.2, 0.25) is 0 Å². The molecule has 0 rings (SSSR count). The Morgan fingerprint density at radius 1 is 0.692 bits per heavy atom. The van der Waals surface area contributed by atoms with E-state index in [1.807, 2.05) is 0 Å². The van der Waals surface area contributed by atoms with Gasteiger partial charge in [0, 0.05) is 35.0 Å². The third kappa shape index (κ3) is 760. The summed E-state index contributed by atoms with van der Waals surface area (Å²) in [6.07, 6.45) is 0. The summed E-state index contributed by atoms with van der Waals surface area (Å²) in [5, 5.41) is 26.7. The molecule has 7 heteroatoms. The topological polar surface area (TPSA) is 120 Å². The minimum atomic E-state index is -1.08. The summed E-state index contributed by atoms with van der Waals surface area (Å²) in [4.78, 5) is 26.7. The molecule has 0 atom stereocenters. The Morgan fingerprint density at radius 3 is 0.692 bits per heavy atom. The van der Waals surface area contributed by atoms with Gasteiger partial charge in [-0.3, -0.25) is 0 Å². The van der Waals surface area contributed by atoms with Crippen LogP contribution in [-0.4, -0.2) is 17.9 Å². The number of aliphatic carboxylic acids is 3. The van der Waals surface area contributed by atoms with Crippen LogP contribution in [-0.2, 0) is 31.5 Å². The van der Waals surface area contributed by atoms with Crippen LogP contribution in [0.1, 0.15) is 20.8 Å². The molecule has 0 bridgehead atoms. The van der Waals surface area contributed by atoms with Crippen LogP contribution in [0.3, 0.4) is 0 Å². The zero-order chi connectivity index (χ0) is 10.7. The first kappa shape index (κ1) is 22.7. The molecule has 0 aromatic carbocycles. The van der Waals surface area contributed by atoms with E-state index in [2.05, 4.69) is 0 Å². The molecule has 0 N–H and O–H groups in total. The summed E-state index contributed by atoms with van der Waals surface area (Å²) in [7, 11) is 0. The van der Waals surface area contributed by atoms with Gasteiger partial charge >= 0.3 is 0 Å². The number of rotatable bonds is 0. The summed E-state index contributed by atoms with van der Waals surface area (Å²) in [5.74, 6) is -3.25. The molecule has 13 heavy (non-hydrogen) atoms. The van der Waals surface area contributed by atoms with Crippen LogP contribution in [0.15, 0.2) is 0 Å². The van der Waals surface area contributed by atoms with Crippen LogP contribution < -0.4 is 15.3 Å². The zero-order valence-corrected chi connectivity index (χ0v) is 8.19. The molecule has 0 aliphatic rings. The van der Waals surface area contributed by atoms with Crippen LogP contribution in [0.5, 0.6) is 0 Å². The fraction of sp³-hybridized carbons (Fsp3) is 0.500. The first-order valence-corrected chi connectivity index (χ1v) is 2.72. The molecule has 0 heterocycles. The molecule has 0 aliphatic carbocycles. The quantitative estimate of drug-likeness (QED) is 0.401. The minimum Gasteiger partial charge on any atom is -0.550 e. The average molecular weight is 241 g/mol. The molecule has 1 radical (unpaired) electrons. The zero-order valence-electron chi connectivity index (χ0n) is 7.25. The van der Waals surface area contributed by atoms with E-state index in [4.69, 9.17) is 29.7 Å². The van der Waals surface area contributed by atoms with Gasteiger partial charge in [0.25, 0.3) is 0 Å². The van der Waals surface area contributed by atoms with Gasteiger partial charge in [-0.05, 0) is 20.8 Å². The summed E-state index contributed by atoms with van der Waals surface area (Å²) in [5.41, 5.74) is 0. The molecule has 0 fully saturated rings. The number of hydrogen-bond acceptors (Lipinski definition) is 6. The van der Waals surface area contributed by atoms with Crippen molar-refractivity contribution in [1.82, 2.24) is 0 Å². The van der Waals surface area contributed by atoms with Crippen LogP contribution in [0.2, 0.25) is 0 Å². The Bertz CT molecular complexity index is 115. The van der Waals surface area contributed by atoms with E-state index in [9.17, 15) is 0 Å². The summed E-state index contributed by atoms with van der Waals surface area (Å²) in [6, 6.07) is 0. The fourth-order valence-corrected chi connectivity index (χ4v) is 0. The Hall–Kier alpha value is -1.07. The smallest absolute Gasteiger partial charge is 0.0383 e. The van der Waals surface area contributed by atoms with Gasteiger partial charge in [0.1, 0.15) is 0 Å². The molecule has 6 nitrogen and oxygen atoms in total. The van der Waals surface area contributed by atoms with Crippen molar-refractivity contribution in [3.8, 4) is 0 Å². The number of carbonyl (C=O) groups excluding carboxylic acids is 3. The molecule has 0 aliphatic heterocycles. The van der Waals surface area contributed by atoms with E-state index in [0.29, 0.717) is 0 Å². The standard InChI is InChI=1S/3C2H4O2.Cu/c3*1-2(3)4;/h3*1H3,(H,3,4);/p-3. The Morgan fingerprint density at radius 2 is 0.692 bits per heavy atom. The van der Waals surface area contributed by atoms with E-state index in [1.54, 1.807) is 0 Å². The third-order valence-electron chi connectivity index (χ3n) is 0. The van der Waals surface area contributed by atoms with E-state index in [0.717, 1.165) is 20.8 Å². The van der Waals surface area contributed by atoms with Crippen molar-refractivity contribution in [2.24, 2.45) is 0 Å². The Kier molecular flexibility index (Phi) is 29.9. The number of hydrogen-bond donors (Lipinski definition) is 0. The van der Waals surface area contributed by atoms with Crippen molar-refractivity contribution < 1.29 is 46.8 Å². The summed E-state index contributed by atoms with van der Waals surface area (Å²) in [6.45, 7) is 2.92. The average Bonchev–Trinajstić information content (AvgIpc) is 1.54. The SMILES string of the molecule is CC(=O)[O-].CC(=O)[O-].CC(=O)[O-].[Cu]. The molecule has 0 saturated carbocycles. The van der Waals surface area contributed by atoms with Gasteiger partial charge in [-0.15, -0.1) is 0 Å². The second kappa shape index (κ2) is 17.1. The van der Waals surface area contributed by atoms with Gasteiger partial charge in [-0.1, -0.05) is 0 Å². The van der Waals surface area contributed by atoms with Crippen LogP contribution in [0, 0.1) is 0 Å². The van der Waals surface area contributed by atoms with Crippen molar-refractivity contribution in [2.75, 3.05) is 0 Å². The van der Waals surface area contributed by atoms with Crippen molar-refractivity contribution in [3.63, 3.8) is 0 Å². The second-order valence-corrected chi connectivity index (χ2v) is 1.47. The predicted molar refractivity (Wildman–Crippen MR) is 32.0 cm³/mol. The Balaban J connectivity index is -0.0000000450. The molecule has 0 unspecified atom stereocenters. The summed E-state index contributed by atoms with van der Waals surface area (Å²) < 4.78 is 0. The maximum Gasteiger partial charge on any atom is 0.0383 e. The van der Waals surface area contributed by atoms with Crippen LogP contribution >= 0.6 is 0 Å². The molecular weight excluding hydrogens is 232 g/mol. The largest absolute Gasteiger partial charge is 0.550 e. The maximum atomic E-state index is 8.89. The molecule has 0 saturated heterocycles. The number of carboxylic acid groups (broad SMARTS) is 3. The predicted octanol–water partition coefficient (Wildman–Crippen LogP) is -3.73. The van der Waals surface area contributed by atoms with Gasteiger partial charge in [-0.2, -0.15) is 0 Å². The number of carbonyl (C=O) groups is 3. The summed E-state index contributed by atoms with van der Waals surface area (Å²) >= 11 is 0. The van der Waals surface area contributed by atoms with Gasteiger partial charge in [0.05, 0.1) is 0 Å². The third-order valence-corrected chi connectivity index (χ3v) is 0. The maximum absolute atomic E-state index is 8.89. The van der Waals surface area contributed by atoms with Crippen molar-refractivity contribution in [3.05, 3.63) is 0 Å². The van der Waals surface area contributed by atoms with E-state index >= 15 is 0 Å². The minimum absolute atomic E-state index is 0. The first-order valence-electron chi connectivity index (χ1n) is 2.72. The first-order chi connectivity index (χ1) is 5.20. The normalized spacial score (nSPS) is 5.77. The number of carboxylic acids is 3. The van der Waals surface area contributed by atoms with Crippen molar-refractivity contribution in [2.45, 2.75) is 20.8 Å². The molecule has 83 valence electrons. The van der Waals surface area contributed by atoms with Crippen LogP contribution in [0.25, 0.3) is 0 Å². The Labute approximate surface area is 86.0 Å². The van der Waals surface area contributed by atoms with Crippen LogP contribution in [0.4, 0.5) is 0 Å².